The minimum absolute atomic E-state index is 0.215. The number of rotatable bonds is 3. The predicted molar refractivity (Wildman–Crippen MR) is 82.1 cm³/mol. The Hall–Kier alpha value is -2.95. The molecule has 0 aliphatic carbocycles. The Morgan fingerprint density at radius 1 is 1.19 bits per heavy atom. The molecular weight excluding hydrogens is 266 g/mol. The van der Waals surface area contributed by atoms with Crippen LogP contribution in [0.15, 0.2) is 48.7 Å². The highest BCUT2D eigenvalue weighted by molar-refractivity contribution is 5.75. The molecule has 2 aromatic carbocycles. The highest BCUT2D eigenvalue weighted by atomic mass is 16.5. The third kappa shape index (κ3) is 2.53. The Labute approximate surface area is 122 Å². The molecule has 5 heteroatoms. The first-order chi connectivity index (χ1) is 10.2. The fraction of sp³-hybridized carbons (Fsp3) is 0.0625. The van der Waals surface area contributed by atoms with Gasteiger partial charge in [-0.25, -0.2) is 4.98 Å². The van der Waals surface area contributed by atoms with E-state index in [0.717, 1.165) is 16.8 Å². The molecule has 0 atom stereocenters. The molecule has 21 heavy (non-hydrogen) atoms. The fourth-order valence-corrected chi connectivity index (χ4v) is 2.16. The van der Waals surface area contributed by atoms with Crippen LogP contribution in [0.5, 0.6) is 11.5 Å². The van der Waals surface area contributed by atoms with Crippen LogP contribution in [-0.4, -0.2) is 22.2 Å². The van der Waals surface area contributed by atoms with Gasteiger partial charge in [-0.3, -0.25) is 0 Å². The number of anilines is 1. The van der Waals surface area contributed by atoms with Crippen LogP contribution in [0.3, 0.4) is 0 Å². The maximum atomic E-state index is 9.53. The molecular formula is C16H15N3O2. The molecule has 3 aromatic rings. The molecule has 0 aliphatic heterocycles. The number of aromatic nitrogens is 2. The largest absolute Gasteiger partial charge is 0.508 e. The summed E-state index contributed by atoms with van der Waals surface area (Å²) < 4.78 is 5.14. The number of hydrogen-bond donors (Lipinski definition) is 3. The van der Waals surface area contributed by atoms with E-state index in [2.05, 4.69) is 9.97 Å². The molecule has 0 saturated heterocycles. The van der Waals surface area contributed by atoms with E-state index in [1.165, 1.54) is 0 Å². The van der Waals surface area contributed by atoms with Gasteiger partial charge in [0, 0.05) is 22.9 Å². The number of phenolic OH excluding ortho intramolecular Hbond substituents is 1. The summed E-state index contributed by atoms with van der Waals surface area (Å²) in [6.07, 6.45) is 1.72. The Balaban J connectivity index is 1.98. The third-order valence-electron chi connectivity index (χ3n) is 3.25. The lowest BCUT2D eigenvalue weighted by molar-refractivity contribution is 0.415. The number of nitrogens with zero attached hydrogens (tertiary/aromatic N) is 1. The molecule has 3 rings (SSSR count). The number of aromatic hydroxyl groups is 1. The molecule has 0 fully saturated rings. The normalized spacial score (nSPS) is 10.5. The van der Waals surface area contributed by atoms with E-state index < -0.39 is 0 Å². The molecule has 0 unspecified atom stereocenters. The number of imidazole rings is 1. The van der Waals surface area contributed by atoms with E-state index in [0.29, 0.717) is 17.3 Å². The number of benzene rings is 2. The third-order valence-corrected chi connectivity index (χ3v) is 3.25. The number of methoxy groups -OCH3 is 1. The van der Waals surface area contributed by atoms with E-state index >= 15 is 0 Å². The maximum Gasteiger partial charge on any atom is 0.139 e. The van der Waals surface area contributed by atoms with Gasteiger partial charge < -0.3 is 20.6 Å². The van der Waals surface area contributed by atoms with Gasteiger partial charge in [-0.15, -0.1) is 0 Å². The van der Waals surface area contributed by atoms with Crippen LogP contribution < -0.4 is 10.5 Å². The lowest BCUT2D eigenvalue weighted by Crippen LogP contribution is -1.93. The summed E-state index contributed by atoms with van der Waals surface area (Å²) in [6.45, 7) is 0. The number of nitrogen functional groups attached to an aromatic ring is 1. The number of phenols is 1. The molecule has 4 N–H and O–H groups in total. The molecule has 1 heterocycles. The van der Waals surface area contributed by atoms with Crippen molar-refractivity contribution in [2.45, 2.75) is 0 Å². The molecule has 0 radical (unpaired) electrons. The van der Waals surface area contributed by atoms with Gasteiger partial charge in [0.05, 0.1) is 19.0 Å². The van der Waals surface area contributed by atoms with Crippen molar-refractivity contribution in [3.8, 4) is 34.1 Å². The molecule has 5 nitrogen and oxygen atoms in total. The molecule has 0 saturated carbocycles. The molecule has 1 aromatic heterocycles. The molecule has 106 valence electrons. The zero-order valence-electron chi connectivity index (χ0n) is 11.5. The van der Waals surface area contributed by atoms with Gasteiger partial charge >= 0.3 is 0 Å². The minimum Gasteiger partial charge on any atom is -0.508 e. The van der Waals surface area contributed by atoms with E-state index in [4.69, 9.17) is 10.5 Å². The van der Waals surface area contributed by atoms with Crippen molar-refractivity contribution in [2.75, 3.05) is 12.8 Å². The van der Waals surface area contributed by atoms with Gasteiger partial charge in [-0.1, -0.05) is 12.1 Å². The topological polar surface area (TPSA) is 84.2 Å². The van der Waals surface area contributed by atoms with Crippen molar-refractivity contribution in [1.29, 1.82) is 0 Å². The SMILES string of the molecule is COc1ccc(-c2ncc(-c3cccc(O)c3)[nH]2)c(N)c1. The Bertz CT molecular complexity index is 781. The van der Waals surface area contributed by atoms with Crippen LogP contribution in [0.2, 0.25) is 0 Å². The lowest BCUT2D eigenvalue weighted by Gasteiger charge is -2.05. The number of hydrogen-bond acceptors (Lipinski definition) is 4. The van der Waals surface area contributed by atoms with Crippen LogP contribution in [0.25, 0.3) is 22.6 Å². The van der Waals surface area contributed by atoms with Crippen molar-refractivity contribution < 1.29 is 9.84 Å². The van der Waals surface area contributed by atoms with Crippen molar-refractivity contribution in [3.63, 3.8) is 0 Å². The summed E-state index contributed by atoms with van der Waals surface area (Å²) in [4.78, 5) is 7.56. The maximum absolute atomic E-state index is 9.53. The van der Waals surface area contributed by atoms with Crippen molar-refractivity contribution >= 4 is 5.69 Å². The van der Waals surface area contributed by atoms with Gasteiger partial charge in [-0.2, -0.15) is 0 Å². The zero-order valence-corrected chi connectivity index (χ0v) is 11.5. The Morgan fingerprint density at radius 3 is 2.76 bits per heavy atom. The molecule has 0 bridgehead atoms. The monoisotopic (exact) mass is 281 g/mol. The van der Waals surface area contributed by atoms with Crippen LogP contribution in [-0.2, 0) is 0 Å². The highest BCUT2D eigenvalue weighted by Gasteiger charge is 2.09. The van der Waals surface area contributed by atoms with E-state index in [1.54, 1.807) is 37.6 Å². The summed E-state index contributed by atoms with van der Waals surface area (Å²) in [5, 5.41) is 9.53. The van der Waals surface area contributed by atoms with Gasteiger partial charge in [0.1, 0.15) is 17.3 Å². The first kappa shape index (κ1) is 13.1. The highest BCUT2D eigenvalue weighted by Crippen LogP contribution is 2.29. The van der Waals surface area contributed by atoms with Crippen LogP contribution >= 0.6 is 0 Å². The summed E-state index contributed by atoms with van der Waals surface area (Å²) in [5.41, 5.74) is 9.10. The summed E-state index contributed by atoms with van der Waals surface area (Å²) in [7, 11) is 1.60. The second-order valence-corrected chi connectivity index (χ2v) is 4.65. The van der Waals surface area contributed by atoms with Crippen molar-refractivity contribution in [3.05, 3.63) is 48.7 Å². The smallest absolute Gasteiger partial charge is 0.139 e. The number of nitrogens with one attached hydrogen (secondary N) is 1. The van der Waals surface area contributed by atoms with E-state index in [1.807, 2.05) is 18.2 Å². The van der Waals surface area contributed by atoms with Crippen molar-refractivity contribution in [1.82, 2.24) is 9.97 Å². The minimum atomic E-state index is 0.215. The van der Waals surface area contributed by atoms with Crippen molar-refractivity contribution in [2.24, 2.45) is 0 Å². The number of H-pyrrole nitrogens is 1. The van der Waals surface area contributed by atoms with Gasteiger partial charge in [0.25, 0.3) is 0 Å². The molecule has 0 aliphatic rings. The van der Waals surface area contributed by atoms with Crippen LogP contribution in [0.4, 0.5) is 5.69 Å². The first-order valence-corrected chi connectivity index (χ1v) is 6.45. The van der Waals surface area contributed by atoms with Crippen LogP contribution in [0.1, 0.15) is 0 Å². The van der Waals surface area contributed by atoms with E-state index in [9.17, 15) is 5.11 Å². The van der Waals surface area contributed by atoms with Gasteiger partial charge in [0.15, 0.2) is 0 Å². The Morgan fingerprint density at radius 2 is 2.05 bits per heavy atom. The second-order valence-electron chi connectivity index (χ2n) is 4.65. The average molecular weight is 281 g/mol. The number of nitrogens with two attached hydrogens (primary N) is 1. The van der Waals surface area contributed by atoms with E-state index in [-0.39, 0.29) is 5.75 Å². The summed E-state index contributed by atoms with van der Waals surface area (Å²) in [5.74, 6) is 1.59. The fourth-order valence-electron chi connectivity index (χ4n) is 2.16. The summed E-state index contributed by atoms with van der Waals surface area (Å²) in [6, 6.07) is 12.4. The standard InChI is InChI=1S/C16H15N3O2/c1-21-12-5-6-13(14(17)8-12)16-18-9-15(19-16)10-3-2-4-11(20)7-10/h2-9,20H,17H2,1H3,(H,18,19). The quantitative estimate of drug-likeness (QED) is 0.644. The summed E-state index contributed by atoms with van der Waals surface area (Å²) >= 11 is 0. The second kappa shape index (κ2) is 5.20. The average Bonchev–Trinajstić information content (AvgIpc) is 2.96. The molecule has 0 spiro atoms. The first-order valence-electron chi connectivity index (χ1n) is 6.45. The van der Waals surface area contributed by atoms with Crippen LogP contribution in [0, 0.1) is 0 Å². The molecule has 0 amide bonds. The van der Waals surface area contributed by atoms with Gasteiger partial charge in [0.2, 0.25) is 0 Å². The zero-order chi connectivity index (χ0) is 14.8. The number of aromatic amines is 1. The van der Waals surface area contributed by atoms with Gasteiger partial charge in [-0.05, 0) is 24.3 Å². The Kier molecular flexibility index (Phi) is 3.23. The predicted octanol–water partition coefficient (Wildman–Crippen LogP) is 3.04. The number of ether oxygens (including phenoxy) is 1. The lowest BCUT2D eigenvalue weighted by atomic mass is 10.1.